The fraction of sp³-hybridized carbons (Fsp3) is 0.571. The Morgan fingerprint density at radius 1 is 1.26 bits per heavy atom. The first kappa shape index (κ1) is 28.8. The summed E-state index contributed by atoms with van der Waals surface area (Å²) in [5.41, 5.74) is 2.54. The van der Waals surface area contributed by atoms with Crippen molar-refractivity contribution in [3.63, 3.8) is 0 Å². The fourth-order valence-electron chi connectivity index (χ4n) is 4.99. The molecule has 4 rings (SSSR count). The number of benzene rings is 1. The number of rotatable bonds is 10. The van der Waals surface area contributed by atoms with Crippen molar-refractivity contribution in [3.8, 4) is 17.5 Å². The first-order chi connectivity index (χ1) is 18.5. The highest BCUT2D eigenvalue weighted by Crippen LogP contribution is 2.36. The van der Waals surface area contributed by atoms with Gasteiger partial charge in [0.1, 0.15) is 11.8 Å². The maximum absolute atomic E-state index is 13.9. The number of imidazole rings is 1. The summed E-state index contributed by atoms with van der Waals surface area (Å²) < 4.78 is 19.1. The highest BCUT2D eigenvalue weighted by molar-refractivity contribution is 6.76. The molecule has 0 spiro atoms. The molecule has 0 N–H and O–H groups in total. The van der Waals surface area contributed by atoms with Gasteiger partial charge in [-0.2, -0.15) is 5.26 Å². The van der Waals surface area contributed by atoms with Gasteiger partial charge in [0.05, 0.1) is 25.2 Å². The van der Waals surface area contributed by atoms with Crippen LogP contribution in [0.25, 0.3) is 5.69 Å². The molecule has 0 saturated carbocycles. The molecule has 1 amide bonds. The van der Waals surface area contributed by atoms with Gasteiger partial charge in [0.15, 0.2) is 18.3 Å². The van der Waals surface area contributed by atoms with Crippen LogP contribution in [0.1, 0.15) is 27.4 Å². The van der Waals surface area contributed by atoms with Crippen molar-refractivity contribution in [2.45, 2.75) is 39.5 Å². The molecule has 2 aliphatic rings. The second-order valence-electron chi connectivity index (χ2n) is 11.9. The molecular formula is C28H40N6O4Si. The summed E-state index contributed by atoms with van der Waals surface area (Å²) in [4.78, 5) is 26.6. The highest BCUT2D eigenvalue weighted by atomic mass is 28.3. The Bertz CT molecular complexity index is 1260. The Kier molecular flexibility index (Phi) is 8.79. The molecule has 1 aromatic heterocycles. The second kappa shape index (κ2) is 11.9. The molecule has 2 unspecified atom stereocenters. The van der Waals surface area contributed by atoms with Crippen molar-refractivity contribution in [3.05, 3.63) is 34.8 Å². The molecule has 39 heavy (non-hydrogen) atoms. The minimum atomic E-state index is -1.19. The van der Waals surface area contributed by atoms with Crippen LogP contribution >= 0.6 is 0 Å². The minimum Gasteiger partial charge on any atom is -0.467 e. The summed E-state index contributed by atoms with van der Waals surface area (Å²) in [6.45, 7) is 14.2. The topological polar surface area (TPSA) is 105 Å². The Hall–Kier alpha value is -3.20. The van der Waals surface area contributed by atoms with Crippen molar-refractivity contribution >= 4 is 26.1 Å². The van der Waals surface area contributed by atoms with E-state index >= 15 is 0 Å². The van der Waals surface area contributed by atoms with E-state index in [1.165, 1.54) is 0 Å². The van der Waals surface area contributed by atoms with Gasteiger partial charge < -0.3 is 24.0 Å². The number of fused-ring (bicyclic) bond motifs is 1. The molecule has 0 aliphatic carbocycles. The number of hydrogen-bond donors (Lipinski definition) is 0. The van der Waals surface area contributed by atoms with E-state index in [1.54, 1.807) is 15.8 Å². The van der Waals surface area contributed by atoms with Gasteiger partial charge in [-0.3, -0.25) is 9.36 Å². The number of nitrogens with zero attached hydrogens (tertiary/aromatic N) is 6. The quantitative estimate of drug-likeness (QED) is 0.144. The van der Waals surface area contributed by atoms with Crippen LogP contribution in [-0.2, 0) is 9.47 Å². The van der Waals surface area contributed by atoms with Crippen LogP contribution in [0.2, 0.25) is 25.7 Å². The number of nitriles is 1. The van der Waals surface area contributed by atoms with Crippen LogP contribution in [0.3, 0.4) is 0 Å². The van der Waals surface area contributed by atoms with Crippen LogP contribution in [0.5, 0.6) is 5.75 Å². The van der Waals surface area contributed by atoms with Crippen molar-refractivity contribution in [2.24, 2.45) is 16.8 Å². The van der Waals surface area contributed by atoms with E-state index in [1.807, 2.05) is 45.0 Å². The summed E-state index contributed by atoms with van der Waals surface area (Å²) in [6, 6.07) is 7.05. The molecule has 2 atom stereocenters. The SMILES string of the molecule is Cc1ccc(OCOCC[Si](C)(C)C)c(C)c1-n1c(C(=O)N2CC3COCC3C2)nc(C#N)c1/N=C/N(C)C. The Morgan fingerprint density at radius 3 is 2.56 bits per heavy atom. The number of hydrogen-bond acceptors (Lipinski definition) is 7. The van der Waals surface area contributed by atoms with Crippen LogP contribution < -0.4 is 4.74 Å². The Labute approximate surface area is 232 Å². The number of carbonyl (C=O) groups excluding carboxylic acids is 1. The van der Waals surface area contributed by atoms with Gasteiger partial charge in [0.2, 0.25) is 5.82 Å². The molecule has 2 fully saturated rings. The first-order valence-electron chi connectivity index (χ1n) is 13.4. The van der Waals surface area contributed by atoms with E-state index in [-0.39, 0.29) is 24.2 Å². The lowest BCUT2D eigenvalue weighted by atomic mass is 10.0. The number of likely N-dealkylation sites (tertiary alicyclic amines) is 1. The molecule has 2 aromatic rings. The number of aryl methyl sites for hydroxylation is 1. The van der Waals surface area contributed by atoms with Crippen molar-refractivity contribution in [2.75, 3.05) is 53.8 Å². The number of carbonyl (C=O) groups is 1. The van der Waals surface area contributed by atoms with Gasteiger partial charge >= 0.3 is 0 Å². The number of amides is 1. The Morgan fingerprint density at radius 2 is 1.95 bits per heavy atom. The lowest BCUT2D eigenvalue weighted by Crippen LogP contribution is -2.32. The summed E-state index contributed by atoms with van der Waals surface area (Å²) in [5.74, 6) is 1.58. The fourth-order valence-corrected chi connectivity index (χ4v) is 5.74. The van der Waals surface area contributed by atoms with Crippen molar-refractivity contribution in [1.82, 2.24) is 19.4 Å². The van der Waals surface area contributed by atoms with E-state index in [9.17, 15) is 10.1 Å². The van der Waals surface area contributed by atoms with E-state index in [0.29, 0.717) is 56.3 Å². The van der Waals surface area contributed by atoms with Gasteiger partial charge in [-0.15, -0.1) is 0 Å². The summed E-state index contributed by atoms with van der Waals surface area (Å²) in [5, 5.41) is 9.97. The van der Waals surface area contributed by atoms with Gasteiger partial charge in [0, 0.05) is 59.3 Å². The first-order valence-corrected chi connectivity index (χ1v) is 17.1. The molecule has 2 aliphatic heterocycles. The maximum atomic E-state index is 13.9. The highest BCUT2D eigenvalue weighted by Gasteiger charge is 2.41. The zero-order chi connectivity index (χ0) is 28.3. The molecule has 11 heteroatoms. The average molecular weight is 553 g/mol. The van der Waals surface area contributed by atoms with Crippen LogP contribution in [-0.4, -0.2) is 93.5 Å². The van der Waals surface area contributed by atoms with E-state index in [2.05, 4.69) is 35.7 Å². The maximum Gasteiger partial charge on any atom is 0.290 e. The van der Waals surface area contributed by atoms with Gasteiger partial charge in [0.25, 0.3) is 5.91 Å². The standard InChI is InChI=1S/C28H40N6O4Si/c1-19-8-9-24(38-18-36-10-11-39(5,6)7)20(2)25(19)34-26(30-17-32(3)4)23(12-29)31-27(34)28(35)33-13-21-15-37-16-22(21)14-33/h8-9,17,21-22H,10-11,13-16,18H2,1-7H3/b30-17+. The monoisotopic (exact) mass is 552 g/mol. The van der Waals surface area contributed by atoms with Crippen molar-refractivity contribution in [1.29, 1.82) is 5.26 Å². The number of aromatic nitrogens is 2. The van der Waals surface area contributed by atoms with E-state index in [0.717, 1.165) is 22.9 Å². The molecule has 3 heterocycles. The third-order valence-corrected chi connectivity index (χ3v) is 8.89. The van der Waals surface area contributed by atoms with E-state index < -0.39 is 8.07 Å². The van der Waals surface area contributed by atoms with Gasteiger partial charge in [-0.05, 0) is 31.5 Å². The van der Waals surface area contributed by atoms with Crippen LogP contribution in [0.15, 0.2) is 17.1 Å². The minimum absolute atomic E-state index is 0.0963. The van der Waals surface area contributed by atoms with Crippen LogP contribution in [0, 0.1) is 37.0 Å². The number of ether oxygens (including phenoxy) is 3. The van der Waals surface area contributed by atoms with Gasteiger partial charge in [-0.25, -0.2) is 9.98 Å². The molecule has 1 aromatic carbocycles. The predicted molar refractivity (Wildman–Crippen MR) is 153 cm³/mol. The zero-order valence-electron chi connectivity index (χ0n) is 24.2. The molecular weight excluding hydrogens is 512 g/mol. The largest absolute Gasteiger partial charge is 0.467 e. The normalized spacial score (nSPS) is 19.0. The summed E-state index contributed by atoms with van der Waals surface area (Å²) in [6.07, 6.45) is 1.61. The predicted octanol–water partition coefficient (Wildman–Crippen LogP) is 3.99. The van der Waals surface area contributed by atoms with Gasteiger partial charge in [-0.1, -0.05) is 25.7 Å². The lowest BCUT2D eigenvalue weighted by Gasteiger charge is -2.21. The summed E-state index contributed by atoms with van der Waals surface area (Å²) in [7, 11) is 2.50. The molecule has 0 bridgehead atoms. The van der Waals surface area contributed by atoms with Crippen molar-refractivity contribution < 1.29 is 19.0 Å². The molecule has 0 radical (unpaired) electrons. The third kappa shape index (κ3) is 6.51. The summed E-state index contributed by atoms with van der Waals surface area (Å²) >= 11 is 0. The average Bonchev–Trinajstić information content (AvgIpc) is 3.56. The molecule has 2 saturated heterocycles. The van der Waals surface area contributed by atoms with Crippen LogP contribution in [0.4, 0.5) is 5.82 Å². The third-order valence-electron chi connectivity index (χ3n) is 7.19. The smallest absolute Gasteiger partial charge is 0.290 e. The zero-order valence-corrected chi connectivity index (χ0v) is 25.2. The lowest BCUT2D eigenvalue weighted by molar-refractivity contribution is 0.0216. The molecule has 10 nitrogen and oxygen atoms in total. The second-order valence-corrected chi connectivity index (χ2v) is 17.5. The Balaban J connectivity index is 1.72. The number of aliphatic imine (C=N–C) groups is 1. The van der Waals surface area contributed by atoms with E-state index in [4.69, 9.17) is 14.2 Å². The molecule has 210 valence electrons.